The van der Waals surface area contributed by atoms with Crippen molar-refractivity contribution < 1.29 is 0 Å². The molecule has 0 radical (unpaired) electrons. The van der Waals surface area contributed by atoms with Crippen LogP contribution in [-0.2, 0) is 6.54 Å². The maximum atomic E-state index is 5.78. The molecule has 1 aromatic carbocycles. The predicted molar refractivity (Wildman–Crippen MR) is 128 cm³/mol. The average molecular weight is 419 g/mol. The molecule has 3 rings (SSSR count). The van der Waals surface area contributed by atoms with Gasteiger partial charge in [-0.25, -0.2) is 0 Å². The van der Waals surface area contributed by atoms with Gasteiger partial charge in [-0.15, -0.1) is 0 Å². The highest BCUT2D eigenvalue weighted by atomic mass is 32.2. The van der Waals surface area contributed by atoms with Crippen LogP contribution in [0.3, 0.4) is 0 Å². The predicted octanol–water partition coefficient (Wildman–Crippen LogP) is 6.30. The lowest BCUT2D eigenvalue weighted by Gasteiger charge is -2.36. The molecule has 28 heavy (non-hydrogen) atoms. The first-order chi connectivity index (χ1) is 13.5. The highest BCUT2D eigenvalue weighted by molar-refractivity contribution is 8.22. The molecule has 2 fully saturated rings. The van der Waals surface area contributed by atoms with Gasteiger partial charge in [0.25, 0.3) is 0 Å². The zero-order chi connectivity index (χ0) is 19.9. The van der Waals surface area contributed by atoms with Crippen molar-refractivity contribution >= 4 is 28.3 Å². The molecule has 0 atom stereocenters. The molecule has 0 N–H and O–H groups in total. The zero-order valence-electron chi connectivity index (χ0n) is 18.0. The summed E-state index contributed by atoms with van der Waals surface area (Å²) in [6, 6.07) is 9.97. The van der Waals surface area contributed by atoms with Crippen molar-refractivity contribution in [1.82, 2.24) is 9.80 Å². The van der Waals surface area contributed by atoms with Crippen LogP contribution in [0.4, 0.5) is 0 Å². The first-order valence-electron chi connectivity index (χ1n) is 11.2. The summed E-state index contributed by atoms with van der Waals surface area (Å²) in [6.45, 7) is 1.02. The molecule has 2 saturated carbocycles. The standard InChI is InChI=1S/C24H38N2S2/c1-25(2)17-19-9-11-21(12-10-19)22-13-15-23(16-14-22)26(3)24(27)28-18-20-7-5-4-6-8-20/h9-12,20,22-23H,4-8,13-18H2,1-3H3. The van der Waals surface area contributed by atoms with Crippen molar-refractivity contribution in [2.75, 3.05) is 26.9 Å². The number of thiocarbonyl (C=S) groups is 1. The maximum Gasteiger partial charge on any atom is 0.136 e. The largest absolute Gasteiger partial charge is 0.358 e. The molecule has 2 nitrogen and oxygen atoms in total. The lowest BCUT2D eigenvalue weighted by Crippen LogP contribution is -2.37. The first-order valence-corrected chi connectivity index (χ1v) is 12.6. The SMILES string of the molecule is CN(C)Cc1ccc(C2CCC(N(C)C(=S)SCC3CCCCC3)CC2)cc1. The minimum atomic E-state index is 0.635. The van der Waals surface area contributed by atoms with Gasteiger partial charge < -0.3 is 9.80 Å². The Morgan fingerprint density at radius 1 is 0.929 bits per heavy atom. The van der Waals surface area contributed by atoms with Gasteiger partial charge in [0.05, 0.1) is 0 Å². The Morgan fingerprint density at radius 3 is 2.18 bits per heavy atom. The third-order valence-electron chi connectivity index (χ3n) is 6.65. The van der Waals surface area contributed by atoms with Crippen LogP contribution in [0.1, 0.15) is 74.8 Å². The lowest BCUT2D eigenvalue weighted by molar-refractivity contribution is 0.266. The van der Waals surface area contributed by atoms with Crippen LogP contribution < -0.4 is 0 Å². The zero-order valence-corrected chi connectivity index (χ0v) is 19.7. The van der Waals surface area contributed by atoms with Gasteiger partial charge in [-0.05, 0) is 75.6 Å². The van der Waals surface area contributed by atoms with Gasteiger partial charge in [-0.1, -0.05) is 67.5 Å². The molecule has 0 spiro atoms. The summed E-state index contributed by atoms with van der Waals surface area (Å²) in [5.41, 5.74) is 2.93. The fraction of sp³-hybridized carbons (Fsp3) is 0.708. The number of hydrogen-bond donors (Lipinski definition) is 0. The van der Waals surface area contributed by atoms with Crippen molar-refractivity contribution in [3.05, 3.63) is 35.4 Å². The summed E-state index contributed by atoms with van der Waals surface area (Å²) < 4.78 is 1.13. The highest BCUT2D eigenvalue weighted by Crippen LogP contribution is 2.36. The van der Waals surface area contributed by atoms with Crippen LogP contribution in [0, 0.1) is 5.92 Å². The summed E-state index contributed by atoms with van der Waals surface area (Å²) in [5.74, 6) is 2.86. The Labute approximate surface area is 182 Å². The Morgan fingerprint density at radius 2 is 1.57 bits per heavy atom. The minimum Gasteiger partial charge on any atom is -0.358 e. The van der Waals surface area contributed by atoms with E-state index in [0.29, 0.717) is 6.04 Å². The van der Waals surface area contributed by atoms with Crippen molar-refractivity contribution in [2.24, 2.45) is 5.92 Å². The second kappa shape index (κ2) is 11.0. The number of benzene rings is 1. The van der Waals surface area contributed by atoms with Crippen molar-refractivity contribution in [2.45, 2.75) is 76.3 Å². The van der Waals surface area contributed by atoms with E-state index in [2.05, 4.69) is 55.2 Å². The van der Waals surface area contributed by atoms with E-state index in [9.17, 15) is 0 Å². The molecular formula is C24H38N2S2. The summed E-state index contributed by atoms with van der Waals surface area (Å²) in [4.78, 5) is 4.64. The van der Waals surface area contributed by atoms with Gasteiger partial charge in [-0.2, -0.15) is 0 Å². The summed E-state index contributed by atoms with van der Waals surface area (Å²) in [5, 5.41) is 0. The van der Waals surface area contributed by atoms with Crippen LogP contribution in [-0.4, -0.2) is 47.1 Å². The number of rotatable bonds is 6. The maximum absolute atomic E-state index is 5.78. The number of hydrogen-bond acceptors (Lipinski definition) is 3. The fourth-order valence-electron chi connectivity index (χ4n) is 4.85. The summed E-state index contributed by atoms with van der Waals surface area (Å²) in [6.07, 6.45) is 12.2. The van der Waals surface area contributed by atoms with Gasteiger partial charge >= 0.3 is 0 Å². The molecule has 0 bridgehead atoms. The van der Waals surface area contributed by atoms with E-state index in [1.165, 1.54) is 74.7 Å². The van der Waals surface area contributed by atoms with Gasteiger partial charge in [0.1, 0.15) is 4.32 Å². The van der Waals surface area contributed by atoms with Gasteiger partial charge in [-0.3, -0.25) is 0 Å². The lowest BCUT2D eigenvalue weighted by atomic mass is 9.81. The summed E-state index contributed by atoms with van der Waals surface area (Å²) >= 11 is 7.72. The normalized spacial score (nSPS) is 23.7. The van der Waals surface area contributed by atoms with E-state index in [4.69, 9.17) is 12.2 Å². The third kappa shape index (κ3) is 6.47. The van der Waals surface area contributed by atoms with Gasteiger partial charge in [0.15, 0.2) is 0 Å². The quantitative estimate of drug-likeness (QED) is 0.500. The minimum absolute atomic E-state index is 0.635. The third-order valence-corrected chi connectivity index (χ3v) is 8.46. The van der Waals surface area contributed by atoms with Crippen LogP contribution in [0.2, 0.25) is 0 Å². The van der Waals surface area contributed by atoms with Crippen molar-refractivity contribution in [3.63, 3.8) is 0 Å². The van der Waals surface area contributed by atoms with Gasteiger partial charge in [0.2, 0.25) is 0 Å². The Bertz CT molecular complexity index is 600. The molecule has 0 heterocycles. The average Bonchev–Trinajstić information content (AvgIpc) is 2.72. The Hall–Kier alpha value is -0.580. The molecule has 1 aromatic rings. The molecule has 0 aromatic heterocycles. The smallest absolute Gasteiger partial charge is 0.136 e. The molecule has 4 heteroatoms. The van der Waals surface area contributed by atoms with Gasteiger partial charge in [0, 0.05) is 25.4 Å². The number of nitrogens with zero attached hydrogens (tertiary/aromatic N) is 2. The Kier molecular flexibility index (Phi) is 8.68. The van der Waals surface area contributed by atoms with Crippen LogP contribution in [0.5, 0.6) is 0 Å². The van der Waals surface area contributed by atoms with E-state index < -0.39 is 0 Å². The second-order valence-electron chi connectivity index (χ2n) is 9.18. The molecule has 0 aliphatic heterocycles. The van der Waals surface area contributed by atoms with Crippen LogP contribution in [0.25, 0.3) is 0 Å². The topological polar surface area (TPSA) is 6.48 Å². The summed E-state index contributed by atoms with van der Waals surface area (Å²) in [7, 11) is 6.49. The van der Waals surface area contributed by atoms with E-state index in [1.54, 1.807) is 0 Å². The van der Waals surface area contributed by atoms with E-state index >= 15 is 0 Å². The van der Waals surface area contributed by atoms with Crippen molar-refractivity contribution in [1.29, 1.82) is 0 Å². The molecule has 156 valence electrons. The molecule has 0 amide bonds. The van der Waals surface area contributed by atoms with E-state index in [1.807, 2.05) is 11.8 Å². The molecule has 0 saturated heterocycles. The second-order valence-corrected chi connectivity index (χ2v) is 10.8. The highest BCUT2D eigenvalue weighted by Gasteiger charge is 2.26. The fourth-order valence-corrected chi connectivity index (χ4v) is 6.27. The molecule has 2 aliphatic carbocycles. The van der Waals surface area contributed by atoms with E-state index in [0.717, 1.165) is 22.7 Å². The monoisotopic (exact) mass is 418 g/mol. The van der Waals surface area contributed by atoms with Crippen LogP contribution >= 0.6 is 24.0 Å². The first kappa shape index (κ1) is 22.1. The molecule has 2 aliphatic rings. The number of thioether (sulfide) groups is 1. The Balaban J connectivity index is 1.43. The molecule has 0 unspecified atom stereocenters. The molecular weight excluding hydrogens is 380 g/mol. The van der Waals surface area contributed by atoms with Crippen molar-refractivity contribution in [3.8, 4) is 0 Å². The van der Waals surface area contributed by atoms with Crippen LogP contribution in [0.15, 0.2) is 24.3 Å². The van der Waals surface area contributed by atoms with E-state index in [-0.39, 0.29) is 0 Å².